The fourth-order valence-electron chi connectivity index (χ4n) is 1.01. The predicted molar refractivity (Wildman–Crippen MR) is 63.9 cm³/mol. The van der Waals surface area contributed by atoms with Gasteiger partial charge >= 0.3 is 0 Å². The molecule has 1 aromatic heterocycles. The van der Waals surface area contributed by atoms with Gasteiger partial charge in [0, 0.05) is 5.02 Å². The van der Waals surface area contributed by atoms with Gasteiger partial charge in [-0.05, 0) is 51.9 Å². The molecule has 15 heavy (non-hydrogen) atoms. The van der Waals surface area contributed by atoms with Crippen LogP contribution in [0.25, 0.3) is 0 Å². The molecule has 0 fully saturated rings. The number of hydrogen-bond acceptors (Lipinski definition) is 4. The molecule has 2 aromatic rings. The molecular formula is C9H6BrClN2OS. The van der Waals surface area contributed by atoms with Crippen LogP contribution in [0.3, 0.4) is 0 Å². The first-order chi connectivity index (χ1) is 7.15. The Balaban J connectivity index is 2.27. The van der Waals surface area contributed by atoms with Gasteiger partial charge in [0.15, 0.2) is 3.92 Å². The van der Waals surface area contributed by atoms with Crippen molar-refractivity contribution >= 4 is 38.9 Å². The van der Waals surface area contributed by atoms with Crippen LogP contribution in [0.1, 0.15) is 5.56 Å². The van der Waals surface area contributed by atoms with E-state index in [1.807, 2.05) is 19.1 Å². The first-order valence-corrected chi connectivity index (χ1v) is 6.07. The maximum absolute atomic E-state index is 5.87. The van der Waals surface area contributed by atoms with E-state index in [0.29, 0.717) is 19.9 Å². The highest BCUT2D eigenvalue weighted by Gasteiger charge is 2.06. The zero-order chi connectivity index (χ0) is 10.8. The summed E-state index contributed by atoms with van der Waals surface area (Å²) in [6.07, 6.45) is 0. The van der Waals surface area contributed by atoms with Gasteiger partial charge in [0.2, 0.25) is 0 Å². The Morgan fingerprint density at radius 3 is 2.87 bits per heavy atom. The van der Waals surface area contributed by atoms with Crippen molar-refractivity contribution < 1.29 is 4.74 Å². The van der Waals surface area contributed by atoms with Crippen molar-refractivity contribution in [3.63, 3.8) is 0 Å². The molecule has 3 nitrogen and oxygen atoms in total. The fourth-order valence-corrected chi connectivity index (χ4v) is 2.11. The van der Waals surface area contributed by atoms with Gasteiger partial charge in [-0.1, -0.05) is 22.8 Å². The highest BCUT2D eigenvalue weighted by atomic mass is 79.9. The maximum atomic E-state index is 5.87. The SMILES string of the molecule is Cc1ccc(Cl)cc1Oc1nnc(Br)s1. The van der Waals surface area contributed by atoms with E-state index < -0.39 is 0 Å². The number of benzene rings is 1. The molecule has 6 heteroatoms. The molecule has 2 rings (SSSR count). The largest absolute Gasteiger partial charge is 0.429 e. The molecule has 0 radical (unpaired) electrons. The second-order valence-electron chi connectivity index (χ2n) is 2.83. The molecule has 0 atom stereocenters. The molecule has 0 amide bonds. The molecule has 0 bridgehead atoms. The lowest BCUT2D eigenvalue weighted by atomic mass is 10.2. The lowest BCUT2D eigenvalue weighted by Gasteiger charge is -2.04. The minimum absolute atomic E-state index is 0.493. The highest BCUT2D eigenvalue weighted by molar-refractivity contribution is 9.11. The number of hydrogen-bond donors (Lipinski definition) is 0. The van der Waals surface area contributed by atoms with E-state index in [-0.39, 0.29) is 0 Å². The van der Waals surface area contributed by atoms with Crippen LogP contribution in [-0.4, -0.2) is 10.2 Å². The molecule has 0 aliphatic carbocycles. The zero-order valence-electron chi connectivity index (χ0n) is 7.70. The quantitative estimate of drug-likeness (QED) is 0.839. The molecule has 1 heterocycles. The number of nitrogens with zero attached hydrogens (tertiary/aromatic N) is 2. The molecule has 1 aromatic carbocycles. The third kappa shape index (κ3) is 2.68. The zero-order valence-corrected chi connectivity index (χ0v) is 10.9. The van der Waals surface area contributed by atoms with E-state index in [4.69, 9.17) is 16.3 Å². The van der Waals surface area contributed by atoms with Gasteiger partial charge in [-0.15, -0.1) is 5.10 Å². The standard InChI is InChI=1S/C9H6BrClN2OS/c1-5-2-3-6(11)4-7(5)14-9-13-12-8(10)15-9/h2-4H,1H3. The van der Waals surface area contributed by atoms with E-state index in [1.165, 1.54) is 11.3 Å². The smallest absolute Gasteiger partial charge is 0.300 e. The summed E-state index contributed by atoms with van der Waals surface area (Å²) in [4.78, 5) is 0. The Labute approximate surface area is 104 Å². The topological polar surface area (TPSA) is 35.0 Å². The van der Waals surface area contributed by atoms with Crippen LogP contribution in [0.4, 0.5) is 0 Å². The summed E-state index contributed by atoms with van der Waals surface area (Å²) in [5.41, 5.74) is 1.01. The van der Waals surface area contributed by atoms with Gasteiger partial charge < -0.3 is 4.74 Å². The molecule has 0 saturated carbocycles. The Morgan fingerprint density at radius 1 is 1.40 bits per heavy atom. The minimum Gasteiger partial charge on any atom is -0.429 e. The Hall–Kier alpha value is -0.650. The maximum Gasteiger partial charge on any atom is 0.300 e. The molecule has 0 aliphatic rings. The van der Waals surface area contributed by atoms with Crippen LogP contribution >= 0.6 is 38.9 Å². The van der Waals surface area contributed by atoms with Gasteiger partial charge in [-0.25, -0.2) is 0 Å². The summed E-state index contributed by atoms with van der Waals surface area (Å²) in [5, 5.41) is 8.76. The van der Waals surface area contributed by atoms with E-state index in [2.05, 4.69) is 26.1 Å². The Kier molecular flexibility index (Phi) is 3.23. The van der Waals surface area contributed by atoms with Crippen LogP contribution in [0, 0.1) is 6.92 Å². The summed E-state index contributed by atoms with van der Waals surface area (Å²) in [6, 6.07) is 5.47. The third-order valence-electron chi connectivity index (χ3n) is 1.73. The predicted octanol–water partition coefficient (Wildman–Crippen LogP) is 4.05. The van der Waals surface area contributed by atoms with Crippen LogP contribution < -0.4 is 4.74 Å². The van der Waals surface area contributed by atoms with E-state index in [9.17, 15) is 0 Å². The highest BCUT2D eigenvalue weighted by Crippen LogP contribution is 2.31. The second kappa shape index (κ2) is 4.47. The second-order valence-corrected chi connectivity index (χ2v) is 5.49. The summed E-state index contributed by atoms with van der Waals surface area (Å²) in [6.45, 7) is 1.95. The van der Waals surface area contributed by atoms with Gasteiger partial charge in [0.1, 0.15) is 5.75 Å². The van der Waals surface area contributed by atoms with E-state index in [1.54, 1.807) is 6.07 Å². The van der Waals surface area contributed by atoms with Gasteiger partial charge in [0.25, 0.3) is 5.19 Å². The number of aromatic nitrogens is 2. The number of ether oxygens (including phenoxy) is 1. The summed E-state index contributed by atoms with van der Waals surface area (Å²) in [7, 11) is 0. The first-order valence-electron chi connectivity index (χ1n) is 4.08. The summed E-state index contributed by atoms with van der Waals surface area (Å²) in [5.74, 6) is 0.700. The molecule has 0 unspecified atom stereocenters. The molecular weight excluding hydrogens is 300 g/mol. The first kappa shape index (κ1) is 10.9. The van der Waals surface area contributed by atoms with Crippen molar-refractivity contribution in [1.82, 2.24) is 10.2 Å². The van der Waals surface area contributed by atoms with Crippen molar-refractivity contribution in [2.75, 3.05) is 0 Å². The fraction of sp³-hybridized carbons (Fsp3) is 0.111. The van der Waals surface area contributed by atoms with Crippen molar-refractivity contribution in [3.05, 3.63) is 32.7 Å². The Bertz CT molecular complexity index is 489. The number of halogens is 2. The van der Waals surface area contributed by atoms with Crippen molar-refractivity contribution in [2.45, 2.75) is 6.92 Å². The molecule has 0 saturated heterocycles. The van der Waals surface area contributed by atoms with Crippen LogP contribution in [0.15, 0.2) is 22.1 Å². The average molecular weight is 306 g/mol. The number of rotatable bonds is 2. The van der Waals surface area contributed by atoms with Gasteiger partial charge in [-0.2, -0.15) is 0 Å². The van der Waals surface area contributed by atoms with Crippen molar-refractivity contribution in [1.29, 1.82) is 0 Å². The molecule has 78 valence electrons. The summed E-state index contributed by atoms with van der Waals surface area (Å²) >= 11 is 10.4. The molecule has 0 aliphatic heterocycles. The van der Waals surface area contributed by atoms with Crippen molar-refractivity contribution in [2.24, 2.45) is 0 Å². The lowest BCUT2D eigenvalue weighted by molar-refractivity contribution is 0.469. The lowest BCUT2D eigenvalue weighted by Crippen LogP contribution is -1.86. The van der Waals surface area contributed by atoms with E-state index >= 15 is 0 Å². The minimum atomic E-state index is 0.493. The van der Waals surface area contributed by atoms with Crippen LogP contribution in [0.5, 0.6) is 10.9 Å². The average Bonchev–Trinajstić information content (AvgIpc) is 2.58. The van der Waals surface area contributed by atoms with Gasteiger partial charge in [0.05, 0.1) is 0 Å². The third-order valence-corrected chi connectivity index (χ3v) is 3.20. The van der Waals surface area contributed by atoms with Crippen molar-refractivity contribution in [3.8, 4) is 10.9 Å². The normalized spacial score (nSPS) is 10.3. The molecule has 0 spiro atoms. The van der Waals surface area contributed by atoms with Gasteiger partial charge in [-0.3, -0.25) is 0 Å². The summed E-state index contributed by atoms with van der Waals surface area (Å²) < 4.78 is 6.23. The Morgan fingerprint density at radius 2 is 2.20 bits per heavy atom. The van der Waals surface area contributed by atoms with Crippen LogP contribution in [0.2, 0.25) is 5.02 Å². The molecule has 0 N–H and O–H groups in total. The van der Waals surface area contributed by atoms with Crippen LogP contribution in [-0.2, 0) is 0 Å². The van der Waals surface area contributed by atoms with E-state index in [0.717, 1.165) is 5.56 Å². The number of aryl methyl sites for hydroxylation is 1. The monoisotopic (exact) mass is 304 g/mol.